The van der Waals surface area contributed by atoms with E-state index in [-0.39, 0.29) is 6.42 Å². The number of halogens is 2. The van der Waals surface area contributed by atoms with Gasteiger partial charge < -0.3 is 14.9 Å². The Balaban J connectivity index is 4.44. The van der Waals surface area contributed by atoms with Gasteiger partial charge in [0.05, 0.1) is 6.10 Å². The number of ether oxygens (including phenoxy) is 1. The van der Waals surface area contributed by atoms with Crippen LogP contribution >= 0.6 is 0 Å². The van der Waals surface area contributed by atoms with E-state index in [9.17, 15) is 32.2 Å². The second kappa shape index (κ2) is 6.36. The second-order valence-corrected chi connectivity index (χ2v) is 4.98. The molecule has 3 N–H and O–H groups in total. The van der Waals surface area contributed by atoms with Crippen molar-refractivity contribution < 1.29 is 41.5 Å². The minimum atomic E-state index is -5.93. The first-order valence-electron chi connectivity index (χ1n) is 4.92. The number of esters is 1. The Bertz CT molecular complexity index is 381. The molecule has 0 aliphatic heterocycles. The summed E-state index contributed by atoms with van der Waals surface area (Å²) in [5.74, 6) is -2.52. The normalized spacial score (nSPS) is 16.1. The van der Waals surface area contributed by atoms with Crippen molar-refractivity contribution in [3.63, 3.8) is 0 Å². The van der Waals surface area contributed by atoms with Crippen molar-refractivity contribution in [3.8, 4) is 0 Å². The van der Waals surface area contributed by atoms with Crippen molar-refractivity contribution in [3.05, 3.63) is 0 Å². The maximum Gasteiger partial charge on any atom is 0.465 e. The maximum absolute atomic E-state index is 12.7. The number of hydrogen-bond donors (Lipinski definition) is 3. The molecule has 0 aromatic carbocycles. The third-order valence-electron chi connectivity index (χ3n) is 1.98. The van der Waals surface area contributed by atoms with Gasteiger partial charge in [0.2, 0.25) is 0 Å². The predicted octanol–water partition coefficient (Wildman–Crippen LogP) is -0.468. The molecule has 0 spiro atoms. The van der Waals surface area contributed by atoms with E-state index in [4.69, 9.17) is 4.55 Å². The van der Waals surface area contributed by atoms with Crippen molar-refractivity contribution in [2.75, 3.05) is 6.61 Å². The van der Waals surface area contributed by atoms with Gasteiger partial charge in [-0.15, -0.1) is 0 Å². The highest BCUT2D eigenvalue weighted by molar-refractivity contribution is 7.87. The first-order valence-corrected chi connectivity index (χ1v) is 6.36. The molecule has 108 valence electrons. The molecule has 0 heterocycles. The molecular formula is C8H14F2O7S. The highest BCUT2D eigenvalue weighted by Gasteiger charge is 2.54. The van der Waals surface area contributed by atoms with E-state index in [2.05, 4.69) is 4.74 Å². The third kappa shape index (κ3) is 4.44. The Morgan fingerprint density at radius 2 is 1.83 bits per heavy atom. The van der Waals surface area contributed by atoms with Crippen LogP contribution in [0.25, 0.3) is 0 Å². The van der Waals surface area contributed by atoms with Crippen LogP contribution < -0.4 is 0 Å². The fourth-order valence-electron chi connectivity index (χ4n) is 0.950. The molecule has 0 aliphatic rings. The summed E-state index contributed by atoms with van der Waals surface area (Å²) >= 11 is 0. The Hall–Kier alpha value is -0.840. The maximum atomic E-state index is 12.7. The number of rotatable bonds is 7. The minimum Gasteiger partial charge on any atom is -0.457 e. The van der Waals surface area contributed by atoms with E-state index in [1.54, 1.807) is 6.92 Å². The van der Waals surface area contributed by atoms with E-state index >= 15 is 0 Å². The summed E-state index contributed by atoms with van der Waals surface area (Å²) < 4.78 is 57.6. The SMILES string of the molecule is CCCC(O)C(O)COC(=O)C(F)(F)S(=O)(=O)O. The second-order valence-electron chi connectivity index (χ2n) is 3.51. The quantitative estimate of drug-likeness (QED) is 0.428. The van der Waals surface area contributed by atoms with Gasteiger partial charge in [0, 0.05) is 0 Å². The number of carbonyl (C=O) groups excluding carboxylic acids is 1. The zero-order valence-electron chi connectivity index (χ0n) is 9.41. The summed E-state index contributed by atoms with van der Waals surface area (Å²) in [5.41, 5.74) is 0. The fourth-order valence-corrected chi connectivity index (χ4v) is 1.22. The molecule has 7 nitrogen and oxygen atoms in total. The van der Waals surface area contributed by atoms with Crippen molar-refractivity contribution in [2.24, 2.45) is 0 Å². The van der Waals surface area contributed by atoms with Crippen LogP contribution in [0, 0.1) is 0 Å². The number of alkyl halides is 2. The highest BCUT2D eigenvalue weighted by atomic mass is 32.2. The summed E-state index contributed by atoms with van der Waals surface area (Å²) in [5, 5.41) is 13.3. The monoisotopic (exact) mass is 292 g/mol. The molecule has 0 bridgehead atoms. The van der Waals surface area contributed by atoms with E-state index in [0.29, 0.717) is 6.42 Å². The van der Waals surface area contributed by atoms with Crippen LogP contribution in [0.2, 0.25) is 0 Å². The smallest absolute Gasteiger partial charge is 0.457 e. The van der Waals surface area contributed by atoms with Crippen molar-refractivity contribution in [1.82, 2.24) is 0 Å². The summed E-state index contributed by atoms with van der Waals surface area (Å²) in [4.78, 5) is 10.7. The number of aliphatic hydroxyl groups is 2. The zero-order valence-corrected chi connectivity index (χ0v) is 10.2. The first kappa shape index (κ1) is 17.2. The molecular weight excluding hydrogens is 278 g/mol. The van der Waals surface area contributed by atoms with E-state index in [0.717, 1.165) is 0 Å². The lowest BCUT2D eigenvalue weighted by molar-refractivity contribution is -0.166. The van der Waals surface area contributed by atoms with Gasteiger partial charge in [-0.05, 0) is 6.42 Å². The molecule has 2 atom stereocenters. The van der Waals surface area contributed by atoms with Crippen LogP contribution in [-0.2, 0) is 19.6 Å². The Kier molecular flexibility index (Phi) is 6.07. The Morgan fingerprint density at radius 1 is 1.33 bits per heavy atom. The van der Waals surface area contributed by atoms with Gasteiger partial charge in [-0.1, -0.05) is 13.3 Å². The van der Waals surface area contributed by atoms with Gasteiger partial charge in [-0.3, -0.25) is 4.55 Å². The van der Waals surface area contributed by atoms with E-state index in [1.165, 1.54) is 0 Å². The average molecular weight is 292 g/mol. The number of hydrogen-bond acceptors (Lipinski definition) is 6. The third-order valence-corrected chi connectivity index (χ3v) is 2.79. The predicted molar refractivity (Wildman–Crippen MR) is 54.4 cm³/mol. The van der Waals surface area contributed by atoms with Crippen molar-refractivity contribution in [2.45, 2.75) is 37.2 Å². The summed E-state index contributed by atoms with van der Waals surface area (Å²) in [6.07, 6.45) is -2.27. The molecule has 0 fully saturated rings. The number of carbonyl (C=O) groups is 1. The summed E-state index contributed by atoms with van der Waals surface area (Å²) in [7, 11) is -5.93. The molecule has 0 radical (unpaired) electrons. The largest absolute Gasteiger partial charge is 0.465 e. The van der Waals surface area contributed by atoms with Crippen LogP contribution in [0.4, 0.5) is 8.78 Å². The standard InChI is InChI=1S/C8H14F2O7S/c1-2-3-5(11)6(12)4-17-7(13)8(9,10)18(14,15)16/h5-6,11-12H,2-4H2,1H3,(H,14,15,16). The van der Waals surface area contributed by atoms with Crippen LogP contribution in [0.3, 0.4) is 0 Å². The number of aliphatic hydroxyl groups excluding tert-OH is 2. The highest BCUT2D eigenvalue weighted by Crippen LogP contribution is 2.22. The van der Waals surface area contributed by atoms with Gasteiger partial charge in [0.15, 0.2) is 0 Å². The summed E-state index contributed by atoms with van der Waals surface area (Å²) in [6.45, 7) is 0.680. The van der Waals surface area contributed by atoms with Crippen LogP contribution in [0.15, 0.2) is 0 Å². The topological polar surface area (TPSA) is 121 Å². The first-order chi connectivity index (χ1) is 8.04. The van der Waals surface area contributed by atoms with E-state index < -0.39 is 40.2 Å². The molecule has 0 aliphatic carbocycles. The van der Waals surface area contributed by atoms with Crippen molar-refractivity contribution >= 4 is 16.1 Å². The lowest BCUT2D eigenvalue weighted by Gasteiger charge is -2.18. The average Bonchev–Trinajstić information content (AvgIpc) is 2.23. The van der Waals surface area contributed by atoms with Gasteiger partial charge in [-0.25, -0.2) is 4.79 Å². The Morgan fingerprint density at radius 3 is 2.22 bits per heavy atom. The van der Waals surface area contributed by atoms with Crippen LogP contribution in [0.1, 0.15) is 19.8 Å². The van der Waals surface area contributed by atoms with Gasteiger partial charge >= 0.3 is 21.3 Å². The molecule has 0 amide bonds. The summed E-state index contributed by atoms with van der Waals surface area (Å²) in [6, 6.07) is 0. The van der Waals surface area contributed by atoms with Crippen molar-refractivity contribution in [1.29, 1.82) is 0 Å². The molecule has 0 aromatic heterocycles. The molecule has 0 rings (SSSR count). The molecule has 2 unspecified atom stereocenters. The fraction of sp³-hybridized carbons (Fsp3) is 0.875. The van der Waals surface area contributed by atoms with Crippen LogP contribution in [-0.4, -0.2) is 53.2 Å². The van der Waals surface area contributed by atoms with Gasteiger partial charge in [0.25, 0.3) is 0 Å². The zero-order chi connectivity index (χ0) is 14.6. The van der Waals surface area contributed by atoms with Gasteiger partial charge in [0.1, 0.15) is 12.7 Å². The van der Waals surface area contributed by atoms with E-state index in [1.807, 2.05) is 0 Å². The molecule has 0 aromatic rings. The van der Waals surface area contributed by atoms with Gasteiger partial charge in [-0.2, -0.15) is 17.2 Å². The minimum absolute atomic E-state index is 0.146. The molecule has 0 saturated carbocycles. The Labute approximate surface area is 102 Å². The lowest BCUT2D eigenvalue weighted by Crippen LogP contribution is -2.41. The van der Waals surface area contributed by atoms with Crippen LogP contribution in [0.5, 0.6) is 0 Å². The molecule has 0 saturated heterocycles. The molecule has 10 heteroatoms. The lowest BCUT2D eigenvalue weighted by atomic mass is 10.1. The molecule has 18 heavy (non-hydrogen) atoms.